The summed E-state index contributed by atoms with van der Waals surface area (Å²) in [5.74, 6) is 2.51. The number of carbonyl (C=O) groups is 1. The topological polar surface area (TPSA) is 120 Å². The van der Waals surface area contributed by atoms with Crippen molar-refractivity contribution in [2.45, 2.75) is 328 Å². The maximum Gasteiger partial charge on any atom is 0.154 e. The van der Waals surface area contributed by atoms with Crippen molar-refractivity contribution in [3.8, 4) is 0 Å². The van der Waals surface area contributed by atoms with Gasteiger partial charge in [0.05, 0.1) is 31.5 Å². The highest BCUT2D eigenvalue weighted by molar-refractivity contribution is 8.76. The van der Waals surface area contributed by atoms with Crippen LogP contribution in [0, 0.1) is 0 Å². The largest absolute Gasteiger partial charge is 0.392 e. The van der Waals surface area contributed by atoms with E-state index < -0.39 is 6.29 Å². The van der Waals surface area contributed by atoms with Crippen LogP contribution in [0.2, 0.25) is 0 Å². The van der Waals surface area contributed by atoms with Gasteiger partial charge in [0.25, 0.3) is 0 Å². The van der Waals surface area contributed by atoms with Gasteiger partial charge in [0.2, 0.25) is 0 Å². The van der Waals surface area contributed by atoms with Gasteiger partial charge in [-0.3, -0.25) is 24.4 Å². The molecule has 472 valence electrons. The van der Waals surface area contributed by atoms with Gasteiger partial charge in [-0.25, -0.2) is 0 Å². The van der Waals surface area contributed by atoms with Crippen LogP contribution in [0.4, 0.5) is 0 Å². The molecule has 1 saturated heterocycles. The summed E-state index contributed by atoms with van der Waals surface area (Å²) in [6, 6.07) is 0. The van der Waals surface area contributed by atoms with Crippen LogP contribution in [-0.2, 0) is 9.53 Å². The van der Waals surface area contributed by atoms with E-state index in [0.29, 0.717) is 51.4 Å². The minimum absolute atomic E-state index is 0.343. The molecule has 1 heterocycles. The molecule has 4 atom stereocenters. The van der Waals surface area contributed by atoms with Crippen molar-refractivity contribution in [3.63, 3.8) is 0 Å². The Morgan fingerprint density at radius 3 is 1.16 bits per heavy atom. The zero-order valence-electron chi connectivity index (χ0n) is 53.0. The zero-order chi connectivity index (χ0) is 57.3. The molecule has 0 aromatic heterocycles. The fraction of sp³-hybridized carbons (Fsp3) is 0.985. The summed E-state index contributed by atoms with van der Waals surface area (Å²) in [5.41, 5.74) is 0. The van der Waals surface area contributed by atoms with Gasteiger partial charge < -0.3 is 25.2 Å². The lowest BCUT2D eigenvalue weighted by Gasteiger charge is -2.34. The van der Waals surface area contributed by atoms with Crippen molar-refractivity contribution in [2.75, 3.05) is 96.6 Å². The Bertz CT molecular complexity index is 1210. The third-order valence-electron chi connectivity index (χ3n) is 16.7. The summed E-state index contributed by atoms with van der Waals surface area (Å²) in [5, 5.41) is 44.0. The van der Waals surface area contributed by atoms with E-state index in [2.05, 4.69) is 47.3 Å². The Hall–Kier alpha value is 0.01000. The van der Waals surface area contributed by atoms with Crippen LogP contribution in [0.15, 0.2) is 0 Å². The second-order valence-electron chi connectivity index (χ2n) is 24.6. The van der Waals surface area contributed by atoms with Crippen LogP contribution < -0.4 is 0 Å². The van der Waals surface area contributed by atoms with E-state index in [1.165, 1.54) is 199 Å². The van der Waals surface area contributed by atoms with Gasteiger partial charge in [0, 0.05) is 76.8 Å². The number of aliphatic hydroxyl groups excluding tert-OH is 4. The molecule has 10 nitrogen and oxygen atoms in total. The second kappa shape index (κ2) is 59.7. The lowest BCUT2D eigenvalue weighted by atomic mass is 10.0. The van der Waals surface area contributed by atoms with Crippen LogP contribution >= 0.6 is 21.6 Å². The quantitative estimate of drug-likeness (QED) is 0.0264. The number of nitrogens with zero attached hydrogens (tertiary/aromatic N) is 4. The van der Waals surface area contributed by atoms with E-state index in [1.54, 1.807) is 0 Å². The first-order valence-corrected chi connectivity index (χ1v) is 37.2. The van der Waals surface area contributed by atoms with Crippen LogP contribution in [0.5, 0.6) is 0 Å². The molecule has 79 heavy (non-hydrogen) atoms. The maximum atomic E-state index is 13.1. The van der Waals surface area contributed by atoms with E-state index in [9.17, 15) is 25.2 Å². The van der Waals surface area contributed by atoms with Crippen molar-refractivity contribution in [2.24, 2.45) is 0 Å². The lowest BCUT2D eigenvalue weighted by molar-refractivity contribution is -0.120. The van der Waals surface area contributed by atoms with Crippen molar-refractivity contribution < 1.29 is 30.0 Å². The normalized spacial score (nSPS) is 15.2. The summed E-state index contributed by atoms with van der Waals surface area (Å²) < 4.78 is 5.93. The number of hydrogen-bond acceptors (Lipinski definition) is 12. The molecule has 1 rings (SSSR count). The van der Waals surface area contributed by atoms with E-state index in [-0.39, 0.29) is 18.3 Å². The minimum Gasteiger partial charge on any atom is -0.392 e. The molecule has 0 radical (unpaired) electrons. The number of ketones is 1. The molecule has 0 saturated carbocycles. The number of piperazine rings is 1. The summed E-state index contributed by atoms with van der Waals surface area (Å²) >= 11 is 0. The molecule has 1 fully saturated rings. The predicted octanol–water partition coefficient (Wildman–Crippen LogP) is 16.4. The summed E-state index contributed by atoms with van der Waals surface area (Å²) in [7, 11) is 3.92. The van der Waals surface area contributed by atoms with Gasteiger partial charge in [-0.15, -0.1) is 0 Å². The molecule has 0 aromatic carbocycles. The molecule has 1 aliphatic heterocycles. The highest BCUT2D eigenvalue weighted by Crippen LogP contribution is 2.23. The average Bonchev–Trinajstić information content (AvgIpc) is 3.43. The fourth-order valence-corrected chi connectivity index (χ4v) is 13.6. The van der Waals surface area contributed by atoms with Gasteiger partial charge >= 0.3 is 0 Å². The number of aliphatic hydroxyl groups is 4. The number of carbonyl (C=O) groups excluding carboxylic acids is 1. The summed E-state index contributed by atoms with van der Waals surface area (Å²) in [4.78, 5) is 22.6. The Labute approximate surface area is 499 Å². The zero-order valence-corrected chi connectivity index (χ0v) is 54.7. The monoisotopic (exact) mass is 1160 g/mol. The molecule has 0 amide bonds. The SMILES string of the molecule is CCCCCCCCCCCCC(O)CN(CCCC(O)OCCN1CCN(CCSSCCCN(CC(=O)CCCCCCCCCC)CC(O)CCCCCCCCCC)CC1)CC(O)CCCCCCCCCCCC. The van der Waals surface area contributed by atoms with E-state index in [4.69, 9.17) is 4.74 Å². The van der Waals surface area contributed by atoms with Crippen LogP contribution in [0.1, 0.15) is 304 Å². The number of Topliss-reactive ketones (excluding diaryl/α,β-unsaturated/α-hetero) is 1. The first-order chi connectivity index (χ1) is 38.7. The molecule has 12 heteroatoms. The second-order valence-corrected chi connectivity index (χ2v) is 27.3. The molecule has 4 unspecified atom stereocenters. The molecule has 1 aliphatic rings. The van der Waals surface area contributed by atoms with E-state index in [0.717, 1.165) is 128 Å². The van der Waals surface area contributed by atoms with Gasteiger partial charge in [0.15, 0.2) is 6.29 Å². The van der Waals surface area contributed by atoms with Gasteiger partial charge in [0.1, 0.15) is 5.78 Å². The standard InChI is InChI=1S/C67H136N4O6S2/c1-5-9-13-17-21-25-27-31-35-39-43-63(72)59-70(60-64(73)44-40-36-32-28-26-22-18-14-10-6-2)48-41-47-67(76)77-56-54-68-50-52-69(53-51-68)55-58-79-78-57-42-49-71(61-65(74)45-37-33-29-23-19-15-11-7-3)62-66(75)46-38-34-30-24-20-16-12-8-4/h63-65,67,72-74,76H,5-62H2,1-4H3. The molecule has 0 bridgehead atoms. The Morgan fingerprint density at radius 1 is 0.405 bits per heavy atom. The molecular weight excluding hydrogens is 1020 g/mol. The highest BCUT2D eigenvalue weighted by Gasteiger charge is 2.20. The molecule has 4 N–H and O–H groups in total. The number of hydrogen-bond donors (Lipinski definition) is 4. The molecular formula is C67H136N4O6S2. The maximum absolute atomic E-state index is 13.1. The van der Waals surface area contributed by atoms with Crippen molar-refractivity contribution in [1.82, 2.24) is 19.6 Å². The highest BCUT2D eigenvalue weighted by atomic mass is 33.1. The average molecular weight is 1160 g/mol. The molecule has 0 aliphatic carbocycles. The molecule has 0 spiro atoms. The Balaban J connectivity index is 2.38. The van der Waals surface area contributed by atoms with Crippen molar-refractivity contribution in [3.05, 3.63) is 0 Å². The van der Waals surface area contributed by atoms with Crippen LogP contribution in [0.3, 0.4) is 0 Å². The Morgan fingerprint density at radius 2 is 0.747 bits per heavy atom. The lowest BCUT2D eigenvalue weighted by Crippen LogP contribution is -2.47. The van der Waals surface area contributed by atoms with Crippen molar-refractivity contribution >= 4 is 27.4 Å². The van der Waals surface area contributed by atoms with E-state index in [1.807, 2.05) is 21.6 Å². The van der Waals surface area contributed by atoms with E-state index >= 15 is 0 Å². The first-order valence-electron chi connectivity index (χ1n) is 34.7. The third kappa shape index (κ3) is 53.2. The first kappa shape index (κ1) is 77.0. The Kier molecular flexibility index (Phi) is 58.2. The van der Waals surface area contributed by atoms with Gasteiger partial charge in [-0.2, -0.15) is 0 Å². The minimum atomic E-state index is -0.794. The van der Waals surface area contributed by atoms with Gasteiger partial charge in [-0.05, 0) is 58.0 Å². The van der Waals surface area contributed by atoms with Crippen LogP contribution in [0.25, 0.3) is 0 Å². The van der Waals surface area contributed by atoms with Crippen molar-refractivity contribution in [1.29, 1.82) is 0 Å². The van der Waals surface area contributed by atoms with Gasteiger partial charge in [-0.1, -0.05) is 274 Å². The fourth-order valence-electron chi connectivity index (χ4n) is 11.5. The number of rotatable bonds is 64. The smallest absolute Gasteiger partial charge is 0.154 e. The number of ether oxygens (including phenoxy) is 1. The third-order valence-corrected chi connectivity index (χ3v) is 19.1. The number of unbranched alkanes of at least 4 members (excludes halogenated alkanes) is 32. The molecule has 0 aromatic rings. The summed E-state index contributed by atoms with van der Waals surface area (Å²) in [6.45, 7) is 19.6. The van der Waals surface area contributed by atoms with Crippen LogP contribution in [-0.4, -0.2) is 167 Å². The summed E-state index contributed by atoms with van der Waals surface area (Å²) in [6.07, 6.45) is 49.6. The predicted molar refractivity (Wildman–Crippen MR) is 347 cm³/mol.